The molecule has 2 aliphatic rings. The van der Waals surface area contributed by atoms with Crippen molar-refractivity contribution in [3.8, 4) is 0 Å². The second-order valence-corrected chi connectivity index (χ2v) is 8.09. The Hall–Kier alpha value is -1.92. The number of H-pyrrole nitrogens is 1. The Morgan fingerprint density at radius 2 is 1.96 bits per heavy atom. The van der Waals surface area contributed by atoms with Crippen molar-refractivity contribution in [2.45, 2.75) is 65.2 Å². The third kappa shape index (κ3) is 4.92. The van der Waals surface area contributed by atoms with Crippen LogP contribution in [0.15, 0.2) is 33.7 Å². The monoisotopic (exact) mass is 385 g/mol. The standard InChI is InChI=1S/C22H35N5O/c1-5-18-7-8-20(25-21(18)28)19(6-2)13-17(4)26-9-11-27(12-10-26)22-23-14-16(3)15-24-22/h7-8,14-15,17,19,22-23H,5-6,9-13H2,1-4H3,(H,25,28)/t17-,19+,22?/m0/s1. The van der Waals surface area contributed by atoms with Crippen molar-refractivity contribution in [2.75, 3.05) is 26.2 Å². The van der Waals surface area contributed by atoms with Crippen LogP contribution in [0.5, 0.6) is 0 Å². The zero-order valence-corrected chi connectivity index (χ0v) is 17.7. The Bertz CT molecular complexity index is 760. The van der Waals surface area contributed by atoms with Crippen molar-refractivity contribution in [3.05, 3.63) is 45.5 Å². The fraction of sp³-hybridized carbons (Fsp3) is 0.636. The number of aliphatic imine (C=N–C) groups is 1. The van der Waals surface area contributed by atoms with Crippen LogP contribution in [0.25, 0.3) is 0 Å². The Morgan fingerprint density at radius 3 is 2.54 bits per heavy atom. The highest BCUT2D eigenvalue weighted by atomic mass is 16.1. The third-order valence-corrected chi connectivity index (χ3v) is 6.15. The number of aromatic amines is 1. The van der Waals surface area contributed by atoms with Crippen LogP contribution >= 0.6 is 0 Å². The summed E-state index contributed by atoms with van der Waals surface area (Å²) in [5, 5.41) is 3.37. The molecule has 154 valence electrons. The molecule has 28 heavy (non-hydrogen) atoms. The van der Waals surface area contributed by atoms with Crippen molar-refractivity contribution >= 4 is 6.21 Å². The SMILES string of the molecule is CCc1ccc([C@H](CC)C[C@H](C)N2CCN(C3N=CC(C)=CN3)CC2)[nH]c1=O. The van der Waals surface area contributed by atoms with Crippen molar-refractivity contribution in [1.82, 2.24) is 20.1 Å². The van der Waals surface area contributed by atoms with Gasteiger partial charge in [0.15, 0.2) is 6.29 Å². The summed E-state index contributed by atoms with van der Waals surface area (Å²) in [6.07, 6.45) is 6.96. The molecule has 6 heteroatoms. The molecule has 2 N–H and O–H groups in total. The molecule has 0 aliphatic carbocycles. The van der Waals surface area contributed by atoms with E-state index in [1.165, 1.54) is 5.57 Å². The maximum atomic E-state index is 12.2. The summed E-state index contributed by atoms with van der Waals surface area (Å²) in [5.41, 5.74) is 3.19. The highest BCUT2D eigenvalue weighted by Crippen LogP contribution is 2.25. The summed E-state index contributed by atoms with van der Waals surface area (Å²) < 4.78 is 0. The molecular formula is C22H35N5O. The molecule has 3 atom stereocenters. The smallest absolute Gasteiger partial charge is 0.251 e. The summed E-state index contributed by atoms with van der Waals surface area (Å²) in [4.78, 5) is 24.9. The Balaban J connectivity index is 1.54. The van der Waals surface area contributed by atoms with Crippen molar-refractivity contribution in [2.24, 2.45) is 4.99 Å². The Morgan fingerprint density at radius 1 is 1.21 bits per heavy atom. The summed E-state index contributed by atoms with van der Waals surface area (Å²) in [5.74, 6) is 0.393. The van der Waals surface area contributed by atoms with Crippen molar-refractivity contribution in [3.63, 3.8) is 0 Å². The number of aryl methyl sites for hydroxylation is 1. The first kappa shape index (κ1) is 20.8. The second-order valence-electron chi connectivity index (χ2n) is 8.09. The first-order chi connectivity index (χ1) is 13.5. The zero-order chi connectivity index (χ0) is 20.1. The largest absolute Gasteiger partial charge is 0.357 e. The highest BCUT2D eigenvalue weighted by molar-refractivity contribution is 5.78. The van der Waals surface area contributed by atoms with Gasteiger partial charge in [-0.1, -0.05) is 19.9 Å². The van der Waals surface area contributed by atoms with E-state index in [0.29, 0.717) is 12.0 Å². The van der Waals surface area contributed by atoms with Crippen LogP contribution in [0, 0.1) is 0 Å². The number of hydrogen-bond donors (Lipinski definition) is 2. The molecular weight excluding hydrogens is 350 g/mol. The van der Waals surface area contributed by atoms with Crippen LogP contribution in [0.3, 0.4) is 0 Å². The maximum absolute atomic E-state index is 12.2. The van der Waals surface area contributed by atoms with Crippen LogP contribution in [0.1, 0.15) is 57.7 Å². The lowest BCUT2D eigenvalue weighted by Crippen LogP contribution is -2.55. The van der Waals surface area contributed by atoms with Gasteiger partial charge in [-0.15, -0.1) is 0 Å². The normalized spacial score (nSPS) is 23.1. The number of aromatic nitrogens is 1. The van der Waals surface area contributed by atoms with Gasteiger partial charge in [-0.05, 0) is 44.7 Å². The van der Waals surface area contributed by atoms with Gasteiger partial charge in [0, 0.05) is 61.8 Å². The average molecular weight is 386 g/mol. The van der Waals surface area contributed by atoms with E-state index in [2.05, 4.69) is 51.9 Å². The number of rotatable bonds is 7. The lowest BCUT2D eigenvalue weighted by Gasteiger charge is -2.41. The molecule has 2 aliphatic heterocycles. The van der Waals surface area contributed by atoms with Gasteiger partial charge in [0.1, 0.15) is 0 Å². The van der Waals surface area contributed by atoms with Crippen LogP contribution in [0.4, 0.5) is 0 Å². The molecule has 0 spiro atoms. The van der Waals surface area contributed by atoms with Crippen molar-refractivity contribution in [1.29, 1.82) is 0 Å². The molecule has 1 fully saturated rings. The summed E-state index contributed by atoms with van der Waals surface area (Å²) in [6.45, 7) is 12.8. The topological polar surface area (TPSA) is 63.7 Å². The fourth-order valence-electron chi connectivity index (χ4n) is 4.21. The Labute approximate surface area is 168 Å². The predicted octanol–water partition coefficient (Wildman–Crippen LogP) is 2.69. The van der Waals surface area contributed by atoms with E-state index in [1.54, 1.807) is 0 Å². The molecule has 1 unspecified atom stereocenters. The molecule has 0 amide bonds. The van der Waals surface area contributed by atoms with Gasteiger partial charge in [-0.25, -0.2) is 0 Å². The molecule has 1 saturated heterocycles. The molecule has 0 bridgehead atoms. The number of nitrogens with zero attached hydrogens (tertiary/aromatic N) is 3. The lowest BCUT2D eigenvalue weighted by atomic mass is 9.93. The van der Waals surface area contributed by atoms with Gasteiger partial charge in [0.25, 0.3) is 5.56 Å². The number of allylic oxidation sites excluding steroid dienone is 1. The second kappa shape index (κ2) is 9.52. The van der Waals surface area contributed by atoms with E-state index in [0.717, 1.165) is 56.7 Å². The van der Waals surface area contributed by atoms with Crippen LogP contribution in [-0.4, -0.2) is 59.5 Å². The van der Waals surface area contributed by atoms with Gasteiger partial charge in [0.05, 0.1) is 0 Å². The van der Waals surface area contributed by atoms with E-state index in [9.17, 15) is 4.79 Å². The maximum Gasteiger partial charge on any atom is 0.251 e. The molecule has 6 nitrogen and oxygen atoms in total. The summed E-state index contributed by atoms with van der Waals surface area (Å²) in [7, 11) is 0. The van der Waals surface area contributed by atoms with Gasteiger partial charge in [-0.3, -0.25) is 19.6 Å². The predicted molar refractivity (Wildman–Crippen MR) is 116 cm³/mol. The number of piperazine rings is 1. The average Bonchev–Trinajstić information content (AvgIpc) is 2.72. The quantitative estimate of drug-likeness (QED) is 0.757. The number of nitrogens with one attached hydrogen (secondary N) is 2. The minimum absolute atomic E-state index is 0.0736. The van der Waals surface area contributed by atoms with E-state index in [1.807, 2.05) is 25.4 Å². The Kier molecular flexibility index (Phi) is 7.08. The van der Waals surface area contributed by atoms with E-state index < -0.39 is 0 Å². The fourth-order valence-corrected chi connectivity index (χ4v) is 4.21. The molecule has 3 heterocycles. The summed E-state index contributed by atoms with van der Waals surface area (Å²) >= 11 is 0. The van der Waals surface area contributed by atoms with Crippen LogP contribution < -0.4 is 10.9 Å². The third-order valence-electron chi connectivity index (χ3n) is 6.15. The van der Waals surface area contributed by atoms with Crippen LogP contribution in [0.2, 0.25) is 0 Å². The molecule has 0 aromatic carbocycles. The number of hydrogen-bond acceptors (Lipinski definition) is 5. The molecule has 0 radical (unpaired) electrons. The minimum Gasteiger partial charge on any atom is -0.357 e. The molecule has 3 rings (SSSR count). The summed E-state index contributed by atoms with van der Waals surface area (Å²) in [6, 6.07) is 4.60. The molecule has 0 saturated carbocycles. The van der Waals surface area contributed by atoms with Gasteiger partial charge in [0.2, 0.25) is 0 Å². The lowest BCUT2D eigenvalue weighted by molar-refractivity contribution is 0.0646. The van der Waals surface area contributed by atoms with E-state index in [-0.39, 0.29) is 11.8 Å². The molecule has 1 aromatic rings. The van der Waals surface area contributed by atoms with Gasteiger partial charge < -0.3 is 10.3 Å². The van der Waals surface area contributed by atoms with Gasteiger partial charge >= 0.3 is 0 Å². The first-order valence-electron chi connectivity index (χ1n) is 10.7. The van der Waals surface area contributed by atoms with Gasteiger partial charge in [-0.2, -0.15) is 0 Å². The van der Waals surface area contributed by atoms with E-state index in [4.69, 9.17) is 0 Å². The number of pyridine rings is 1. The molecule has 1 aromatic heterocycles. The van der Waals surface area contributed by atoms with Crippen LogP contribution in [-0.2, 0) is 6.42 Å². The first-order valence-corrected chi connectivity index (χ1v) is 10.7. The zero-order valence-electron chi connectivity index (χ0n) is 17.7. The van der Waals surface area contributed by atoms with Crippen molar-refractivity contribution < 1.29 is 0 Å². The minimum atomic E-state index is 0.0736. The highest BCUT2D eigenvalue weighted by Gasteiger charge is 2.27. The van der Waals surface area contributed by atoms with E-state index >= 15 is 0 Å².